The molecule has 6 nitrogen and oxygen atoms in total. The molecule has 0 saturated carbocycles. The highest BCUT2D eigenvalue weighted by Gasteiger charge is 2.23. The Hall–Kier alpha value is -1.15. The van der Waals surface area contributed by atoms with Crippen molar-refractivity contribution in [3.63, 3.8) is 0 Å². The molecular formula is C14H23N3O3S. The van der Waals surface area contributed by atoms with Crippen LogP contribution < -0.4 is 10.5 Å². The van der Waals surface area contributed by atoms with Gasteiger partial charge in [0, 0.05) is 44.8 Å². The fourth-order valence-electron chi connectivity index (χ4n) is 2.57. The second kappa shape index (κ2) is 6.74. The molecule has 0 unspecified atom stereocenters. The van der Waals surface area contributed by atoms with E-state index >= 15 is 0 Å². The van der Waals surface area contributed by atoms with Crippen molar-refractivity contribution in [3.05, 3.63) is 29.3 Å². The lowest BCUT2D eigenvalue weighted by Crippen LogP contribution is -2.47. The summed E-state index contributed by atoms with van der Waals surface area (Å²) >= 11 is 0. The lowest BCUT2D eigenvalue weighted by Gasteiger charge is -2.33. The molecule has 0 amide bonds. The summed E-state index contributed by atoms with van der Waals surface area (Å²) in [5.41, 5.74) is 7.89. The largest absolute Gasteiger partial charge is 0.496 e. The van der Waals surface area contributed by atoms with Gasteiger partial charge in [-0.2, -0.15) is 4.31 Å². The van der Waals surface area contributed by atoms with E-state index in [0.717, 1.165) is 30.9 Å². The molecule has 1 aliphatic heterocycles. The van der Waals surface area contributed by atoms with Crippen LogP contribution in [0.5, 0.6) is 5.75 Å². The Balaban J connectivity index is 1.98. The van der Waals surface area contributed by atoms with Crippen LogP contribution >= 0.6 is 0 Å². The number of methoxy groups -OCH3 is 1. The molecule has 1 aromatic carbocycles. The van der Waals surface area contributed by atoms with Crippen LogP contribution in [0.1, 0.15) is 11.1 Å². The minimum atomic E-state index is -3.07. The average molecular weight is 313 g/mol. The predicted octanol–water partition coefficient (Wildman–Crippen LogP) is 0.231. The monoisotopic (exact) mass is 313 g/mol. The summed E-state index contributed by atoms with van der Waals surface area (Å²) in [4.78, 5) is 2.25. The number of rotatable bonds is 5. The van der Waals surface area contributed by atoms with Crippen molar-refractivity contribution in [1.29, 1.82) is 0 Å². The van der Waals surface area contributed by atoms with Gasteiger partial charge in [0.15, 0.2) is 0 Å². The summed E-state index contributed by atoms with van der Waals surface area (Å²) in [6.45, 7) is 3.85. The first kappa shape index (κ1) is 16.2. The van der Waals surface area contributed by atoms with Gasteiger partial charge in [0.2, 0.25) is 10.0 Å². The third-order valence-corrected chi connectivity index (χ3v) is 5.07. The van der Waals surface area contributed by atoms with Crippen LogP contribution in [0.15, 0.2) is 18.2 Å². The summed E-state index contributed by atoms with van der Waals surface area (Å²) in [5, 5.41) is 0. The molecule has 0 atom stereocenters. The van der Waals surface area contributed by atoms with E-state index in [1.165, 1.54) is 16.1 Å². The van der Waals surface area contributed by atoms with Crippen molar-refractivity contribution in [2.24, 2.45) is 5.73 Å². The van der Waals surface area contributed by atoms with E-state index in [1.54, 1.807) is 7.11 Å². The smallest absolute Gasteiger partial charge is 0.211 e. The Bertz CT molecular complexity index is 581. The SMILES string of the molecule is COc1ccc(CN2CCN(S(C)(=O)=O)CC2)cc1CN. The third kappa shape index (κ3) is 4.16. The number of hydrogen-bond acceptors (Lipinski definition) is 5. The van der Waals surface area contributed by atoms with E-state index in [2.05, 4.69) is 11.0 Å². The van der Waals surface area contributed by atoms with Crippen molar-refractivity contribution in [3.8, 4) is 5.75 Å². The highest BCUT2D eigenvalue weighted by molar-refractivity contribution is 7.88. The van der Waals surface area contributed by atoms with E-state index in [-0.39, 0.29) is 0 Å². The molecule has 7 heteroatoms. The molecule has 118 valence electrons. The van der Waals surface area contributed by atoms with Gasteiger partial charge in [-0.05, 0) is 17.7 Å². The summed E-state index contributed by atoms with van der Waals surface area (Å²) < 4.78 is 29.8. The molecule has 1 aliphatic rings. The second-order valence-corrected chi connectivity index (χ2v) is 7.27. The zero-order valence-electron chi connectivity index (χ0n) is 12.6. The molecule has 0 aromatic heterocycles. The molecule has 0 aliphatic carbocycles. The quantitative estimate of drug-likeness (QED) is 0.842. The van der Waals surface area contributed by atoms with Gasteiger partial charge in [-0.15, -0.1) is 0 Å². The lowest BCUT2D eigenvalue weighted by atomic mass is 10.1. The van der Waals surface area contributed by atoms with Crippen LogP contribution in [0, 0.1) is 0 Å². The zero-order chi connectivity index (χ0) is 15.5. The predicted molar refractivity (Wildman–Crippen MR) is 82.6 cm³/mol. The van der Waals surface area contributed by atoms with Crippen molar-refractivity contribution in [1.82, 2.24) is 9.21 Å². The maximum absolute atomic E-state index is 11.5. The second-order valence-electron chi connectivity index (χ2n) is 5.29. The van der Waals surface area contributed by atoms with Crippen molar-refractivity contribution >= 4 is 10.0 Å². The van der Waals surface area contributed by atoms with Crippen LogP contribution in [0.2, 0.25) is 0 Å². The highest BCUT2D eigenvalue weighted by atomic mass is 32.2. The number of nitrogens with zero attached hydrogens (tertiary/aromatic N) is 2. The molecule has 1 saturated heterocycles. The molecule has 2 rings (SSSR count). The highest BCUT2D eigenvalue weighted by Crippen LogP contribution is 2.20. The standard InChI is InChI=1S/C14H23N3O3S/c1-20-14-4-3-12(9-13(14)10-15)11-16-5-7-17(8-6-16)21(2,18)19/h3-4,9H,5-8,10-11,15H2,1-2H3. The van der Waals surface area contributed by atoms with Gasteiger partial charge in [0.05, 0.1) is 13.4 Å². The molecule has 21 heavy (non-hydrogen) atoms. The third-order valence-electron chi connectivity index (χ3n) is 3.77. The number of sulfonamides is 1. The van der Waals surface area contributed by atoms with Crippen molar-refractivity contribution in [2.45, 2.75) is 13.1 Å². The fourth-order valence-corrected chi connectivity index (χ4v) is 3.39. The Morgan fingerprint density at radius 1 is 1.24 bits per heavy atom. The van der Waals surface area contributed by atoms with Crippen LogP contribution in [-0.4, -0.2) is 57.2 Å². The molecular weight excluding hydrogens is 290 g/mol. The maximum atomic E-state index is 11.5. The van der Waals surface area contributed by atoms with Gasteiger partial charge in [-0.25, -0.2) is 8.42 Å². The molecule has 1 heterocycles. The minimum absolute atomic E-state index is 0.443. The van der Waals surface area contributed by atoms with Crippen molar-refractivity contribution < 1.29 is 13.2 Å². The van der Waals surface area contributed by atoms with Gasteiger partial charge < -0.3 is 10.5 Å². The first-order valence-corrected chi connectivity index (χ1v) is 8.82. The van der Waals surface area contributed by atoms with Gasteiger partial charge in [-0.1, -0.05) is 6.07 Å². The van der Waals surface area contributed by atoms with Crippen LogP contribution in [0.4, 0.5) is 0 Å². The van der Waals surface area contributed by atoms with E-state index < -0.39 is 10.0 Å². The van der Waals surface area contributed by atoms with Gasteiger partial charge >= 0.3 is 0 Å². The summed E-state index contributed by atoms with van der Waals surface area (Å²) in [6, 6.07) is 6.02. The first-order valence-electron chi connectivity index (χ1n) is 6.97. The Kier molecular flexibility index (Phi) is 5.21. The van der Waals surface area contributed by atoms with Gasteiger partial charge in [0.1, 0.15) is 5.75 Å². The number of benzene rings is 1. The van der Waals surface area contributed by atoms with Crippen LogP contribution in [-0.2, 0) is 23.1 Å². The molecule has 2 N–H and O–H groups in total. The van der Waals surface area contributed by atoms with Crippen LogP contribution in [0.3, 0.4) is 0 Å². The van der Waals surface area contributed by atoms with Gasteiger partial charge in [0.25, 0.3) is 0 Å². The Morgan fingerprint density at radius 2 is 1.90 bits per heavy atom. The molecule has 1 aromatic rings. The zero-order valence-corrected chi connectivity index (χ0v) is 13.4. The van der Waals surface area contributed by atoms with Crippen LogP contribution in [0.25, 0.3) is 0 Å². The number of piperazine rings is 1. The number of hydrogen-bond donors (Lipinski definition) is 1. The lowest BCUT2D eigenvalue weighted by molar-refractivity contribution is 0.182. The summed E-state index contributed by atoms with van der Waals surface area (Å²) in [6.07, 6.45) is 1.26. The van der Waals surface area contributed by atoms with Gasteiger partial charge in [-0.3, -0.25) is 4.90 Å². The molecule has 0 spiro atoms. The first-order chi connectivity index (χ1) is 9.94. The van der Waals surface area contributed by atoms with Crippen molar-refractivity contribution in [2.75, 3.05) is 39.5 Å². The normalized spacial score (nSPS) is 17.9. The fraction of sp³-hybridized carbons (Fsp3) is 0.571. The average Bonchev–Trinajstić information content (AvgIpc) is 2.46. The summed E-state index contributed by atoms with van der Waals surface area (Å²) in [5.74, 6) is 0.808. The number of ether oxygens (including phenoxy) is 1. The summed E-state index contributed by atoms with van der Waals surface area (Å²) in [7, 11) is -1.43. The molecule has 0 radical (unpaired) electrons. The minimum Gasteiger partial charge on any atom is -0.496 e. The van der Waals surface area contributed by atoms with E-state index in [0.29, 0.717) is 19.6 Å². The topological polar surface area (TPSA) is 75.9 Å². The van der Waals surface area contributed by atoms with E-state index in [1.807, 2.05) is 12.1 Å². The molecule has 0 bridgehead atoms. The Labute approximate surface area is 126 Å². The molecule has 1 fully saturated rings. The van der Waals surface area contributed by atoms with E-state index in [4.69, 9.17) is 10.5 Å². The maximum Gasteiger partial charge on any atom is 0.211 e. The number of nitrogens with two attached hydrogens (primary N) is 1. The van der Waals surface area contributed by atoms with E-state index in [9.17, 15) is 8.42 Å². The Morgan fingerprint density at radius 3 is 2.43 bits per heavy atom.